The quantitative estimate of drug-likeness (QED) is 0.486. The molecular formula is C24H22N4O3S. The highest BCUT2D eigenvalue weighted by Gasteiger charge is 2.30. The molecular weight excluding hydrogens is 424 g/mol. The lowest BCUT2D eigenvalue weighted by Gasteiger charge is -2.19. The number of pyridine rings is 1. The smallest absolute Gasteiger partial charge is 0.251 e. The zero-order valence-electron chi connectivity index (χ0n) is 17.7. The normalized spacial score (nSPS) is 12.4. The Labute approximate surface area is 186 Å². The number of nitrogens with zero attached hydrogens (tertiary/aromatic N) is 3. The second-order valence-electron chi connectivity index (χ2n) is 7.44. The van der Waals surface area contributed by atoms with Gasteiger partial charge in [0, 0.05) is 24.5 Å². The molecule has 32 heavy (non-hydrogen) atoms. The van der Waals surface area contributed by atoms with Crippen molar-refractivity contribution in [1.82, 2.24) is 20.3 Å². The first-order chi connectivity index (χ1) is 15.4. The summed E-state index contributed by atoms with van der Waals surface area (Å²) in [4.78, 5) is 26.1. The molecule has 0 aliphatic heterocycles. The van der Waals surface area contributed by atoms with Crippen LogP contribution in [0.25, 0.3) is 11.0 Å². The SMILES string of the molecule is Cc1nc2ccc(C(=O)NC[C@H](c3cccnc3)S(=O)(=O)c3ccccc3)cc2nc1C. The van der Waals surface area contributed by atoms with Gasteiger partial charge >= 0.3 is 0 Å². The number of hydrogen-bond donors (Lipinski definition) is 1. The van der Waals surface area contributed by atoms with Gasteiger partial charge in [0.1, 0.15) is 5.25 Å². The van der Waals surface area contributed by atoms with Crippen molar-refractivity contribution < 1.29 is 13.2 Å². The Morgan fingerprint density at radius 2 is 1.66 bits per heavy atom. The zero-order valence-corrected chi connectivity index (χ0v) is 18.5. The molecule has 0 fully saturated rings. The van der Waals surface area contributed by atoms with Crippen LogP contribution in [-0.4, -0.2) is 35.8 Å². The van der Waals surface area contributed by atoms with Crippen LogP contribution in [0.2, 0.25) is 0 Å². The van der Waals surface area contributed by atoms with E-state index in [1.165, 1.54) is 6.20 Å². The van der Waals surface area contributed by atoms with Crippen LogP contribution >= 0.6 is 0 Å². The van der Waals surface area contributed by atoms with Gasteiger partial charge in [0.25, 0.3) is 5.91 Å². The molecule has 0 radical (unpaired) electrons. The van der Waals surface area contributed by atoms with Crippen molar-refractivity contribution in [2.75, 3.05) is 6.54 Å². The number of aryl methyl sites for hydroxylation is 2. The number of hydrogen-bond acceptors (Lipinski definition) is 6. The minimum Gasteiger partial charge on any atom is -0.350 e. The van der Waals surface area contributed by atoms with Crippen LogP contribution in [0.1, 0.15) is 32.6 Å². The molecule has 0 aliphatic carbocycles. The van der Waals surface area contributed by atoms with Crippen molar-refractivity contribution in [3.8, 4) is 0 Å². The number of rotatable bonds is 6. The molecule has 162 valence electrons. The van der Waals surface area contributed by atoms with Gasteiger partial charge in [-0.1, -0.05) is 24.3 Å². The molecule has 7 nitrogen and oxygen atoms in total. The summed E-state index contributed by atoms with van der Waals surface area (Å²) < 4.78 is 26.7. The van der Waals surface area contributed by atoms with E-state index in [9.17, 15) is 13.2 Å². The molecule has 1 amide bonds. The average molecular weight is 447 g/mol. The Morgan fingerprint density at radius 3 is 2.34 bits per heavy atom. The first kappa shape index (κ1) is 21.6. The topological polar surface area (TPSA) is 102 Å². The molecule has 1 N–H and O–H groups in total. The van der Waals surface area contributed by atoms with Crippen molar-refractivity contribution in [2.45, 2.75) is 24.0 Å². The molecule has 0 aliphatic rings. The summed E-state index contributed by atoms with van der Waals surface area (Å²) in [6.07, 6.45) is 3.09. The Kier molecular flexibility index (Phi) is 5.96. The van der Waals surface area contributed by atoms with Crippen LogP contribution in [0.4, 0.5) is 0 Å². The third-order valence-electron chi connectivity index (χ3n) is 5.29. The molecule has 2 heterocycles. The molecule has 2 aromatic carbocycles. The van der Waals surface area contributed by atoms with Gasteiger partial charge in [-0.15, -0.1) is 0 Å². The fourth-order valence-electron chi connectivity index (χ4n) is 3.41. The second-order valence-corrected chi connectivity index (χ2v) is 9.57. The van der Waals surface area contributed by atoms with Gasteiger partial charge in [0.2, 0.25) is 0 Å². The Balaban J connectivity index is 1.62. The Bertz CT molecular complexity index is 1370. The first-order valence-electron chi connectivity index (χ1n) is 10.1. The molecule has 0 spiro atoms. The molecule has 4 aromatic rings. The molecule has 0 saturated carbocycles. The highest BCUT2D eigenvalue weighted by molar-refractivity contribution is 7.91. The van der Waals surface area contributed by atoms with Crippen LogP contribution in [0.15, 0.2) is 78.0 Å². The van der Waals surface area contributed by atoms with Gasteiger partial charge in [-0.25, -0.2) is 18.4 Å². The summed E-state index contributed by atoms with van der Waals surface area (Å²) in [5, 5.41) is 1.79. The largest absolute Gasteiger partial charge is 0.350 e. The van der Waals surface area contributed by atoms with Gasteiger partial charge in [0.05, 0.1) is 27.3 Å². The van der Waals surface area contributed by atoms with E-state index in [4.69, 9.17) is 0 Å². The highest BCUT2D eigenvalue weighted by atomic mass is 32.2. The summed E-state index contributed by atoms with van der Waals surface area (Å²) >= 11 is 0. The first-order valence-corrected chi connectivity index (χ1v) is 11.6. The molecule has 0 unspecified atom stereocenters. The number of fused-ring (bicyclic) bond motifs is 1. The van der Waals surface area contributed by atoms with E-state index in [0.29, 0.717) is 22.2 Å². The maximum atomic E-state index is 13.3. The minimum atomic E-state index is -3.75. The third-order valence-corrected chi connectivity index (χ3v) is 7.41. The van der Waals surface area contributed by atoms with Crippen LogP contribution in [0.5, 0.6) is 0 Å². The number of sulfone groups is 1. The van der Waals surface area contributed by atoms with E-state index in [0.717, 1.165) is 11.4 Å². The van der Waals surface area contributed by atoms with Gasteiger partial charge in [-0.05, 0) is 55.8 Å². The summed E-state index contributed by atoms with van der Waals surface area (Å²) in [6, 6.07) is 16.6. The molecule has 1 atom stereocenters. The number of aromatic nitrogens is 3. The lowest BCUT2D eigenvalue weighted by molar-refractivity contribution is 0.0954. The van der Waals surface area contributed by atoms with Crippen molar-refractivity contribution in [3.05, 3.63) is 95.6 Å². The fourth-order valence-corrected chi connectivity index (χ4v) is 5.07. The van der Waals surface area contributed by atoms with Gasteiger partial charge in [0.15, 0.2) is 9.84 Å². The molecule has 0 bridgehead atoms. The monoisotopic (exact) mass is 446 g/mol. The highest BCUT2D eigenvalue weighted by Crippen LogP contribution is 2.28. The molecule has 2 aromatic heterocycles. The lowest BCUT2D eigenvalue weighted by atomic mass is 10.1. The summed E-state index contributed by atoms with van der Waals surface area (Å²) in [5.74, 6) is -0.385. The number of carbonyl (C=O) groups is 1. The molecule has 4 rings (SSSR count). The Morgan fingerprint density at radius 1 is 0.938 bits per heavy atom. The van der Waals surface area contributed by atoms with Gasteiger partial charge in [-0.3, -0.25) is 9.78 Å². The van der Waals surface area contributed by atoms with Crippen LogP contribution in [0.3, 0.4) is 0 Å². The van der Waals surface area contributed by atoms with Crippen molar-refractivity contribution >= 4 is 26.8 Å². The van der Waals surface area contributed by atoms with Crippen molar-refractivity contribution in [1.29, 1.82) is 0 Å². The molecule has 8 heteroatoms. The third kappa shape index (κ3) is 4.36. The standard InChI is InChI=1S/C24H22N4O3S/c1-16-17(2)28-22-13-18(10-11-21(22)27-16)24(29)26-15-23(19-7-6-12-25-14-19)32(30,31)20-8-4-3-5-9-20/h3-14,23H,15H2,1-2H3,(H,26,29)/t23-/m1/s1. The van der Waals surface area contributed by atoms with Crippen LogP contribution in [0, 0.1) is 13.8 Å². The minimum absolute atomic E-state index is 0.0988. The van der Waals surface area contributed by atoms with E-state index in [1.807, 2.05) is 13.8 Å². The maximum absolute atomic E-state index is 13.3. The number of nitrogens with one attached hydrogen (secondary N) is 1. The maximum Gasteiger partial charge on any atom is 0.251 e. The van der Waals surface area contributed by atoms with E-state index in [-0.39, 0.29) is 17.3 Å². The van der Waals surface area contributed by atoms with Gasteiger partial charge < -0.3 is 5.32 Å². The number of amides is 1. The summed E-state index contributed by atoms with van der Waals surface area (Å²) in [5.41, 5.74) is 3.83. The van der Waals surface area contributed by atoms with E-state index < -0.39 is 15.1 Å². The summed E-state index contributed by atoms with van der Waals surface area (Å²) in [7, 11) is -3.75. The lowest BCUT2D eigenvalue weighted by Crippen LogP contribution is -2.32. The van der Waals surface area contributed by atoms with Crippen LogP contribution in [-0.2, 0) is 9.84 Å². The number of carbonyl (C=O) groups excluding carboxylic acids is 1. The Hall–Kier alpha value is -3.65. The zero-order chi connectivity index (χ0) is 22.7. The number of benzene rings is 2. The predicted molar refractivity (Wildman–Crippen MR) is 122 cm³/mol. The van der Waals surface area contributed by atoms with Crippen molar-refractivity contribution in [3.63, 3.8) is 0 Å². The van der Waals surface area contributed by atoms with E-state index in [1.54, 1.807) is 66.9 Å². The summed E-state index contributed by atoms with van der Waals surface area (Å²) in [6.45, 7) is 3.65. The fraction of sp³-hybridized carbons (Fsp3) is 0.167. The van der Waals surface area contributed by atoms with Crippen molar-refractivity contribution in [2.24, 2.45) is 0 Å². The van der Waals surface area contributed by atoms with Gasteiger partial charge in [-0.2, -0.15) is 0 Å². The average Bonchev–Trinajstić information content (AvgIpc) is 2.80. The van der Waals surface area contributed by atoms with E-state index >= 15 is 0 Å². The van der Waals surface area contributed by atoms with E-state index in [2.05, 4.69) is 20.3 Å². The predicted octanol–water partition coefficient (Wildman–Crippen LogP) is 3.59. The second kappa shape index (κ2) is 8.84. The molecule has 0 saturated heterocycles. The van der Waals surface area contributed by atoms with Crippen LogP contribution < -0.4 is 5.32 Å².